The Bertz CT molecular complexity index is 945. The van der Waals surface area contributed by atoms with Crippen LogP contribution in [0.4, 0.5) is 0 Å². The summed E-state index contributed by atoms with van der Waals surface area (Å²) in [5.41, 5.74) is 3.94. The number of aromatic nitrogens is 4. The van der Waals surface area contributed by atoms with Gasteiger partial charge in [-0.15, -0.1) is 5.10 Å². The van der Waals surface area contributed by atoms with Crippen LogP contribution in [0.25, 0.3) is 21.9 Å². The highest BCUT2D eigenvalue weighted by Crippen LogP contribution is 2.19. The zero-order chi connectivity index (χ0) is 14.2. The molecule has 2 aromatic heterocycles. The third-order valence-corrected chi connectivity index (χ3v) is 3.71. The first-order valence-electron chi connectivity index (χ1n) is 6.62. The molecule has 0 saturated heterocycles. The highest BCUT2D eigenvalue weighted by Gasteiger charge is 2.06. The van der Waals surface area contributed by atoms with Crippen molar-refractivity contribution in [1.82, 2.24) is 20.0 Å². The second-order valence-corrected chi connectivity index (χ2v) is 5.35. The molecule has 0 unspecified atom stereocenters. The van der Waals surface area contributed by atoms with Crippen LogP contribution in [0.15, 0.2) is 54.7 Å². The minimum absolute atomic E-state index is 0.654. The number of halogens is 1. The van der Waals surface area contributed by atoms with E-state index in [4.69, 9.17) is 11.6 Å². The van der Waals surface area contributed by atoms with Gasteiger partial charge in [-0.25, -0.2) is 4.68 Å². The Hall–Kier alpha value is -2.46. The van der Waals surface area contributed by atoms with Crippen LogP contribution in [0.3, 0.4) is 0 Å². The Morgan fingerprint density at radius 2 is 1.90 bits per heavy atom. The zero-order valence-corrected chi connectivity index (χ0v) is 11.8. The van der Waals surface area contributed by atoms with Gasteiger partial charge >= 0.3 is 0 Å². The predicted molar refractivity (Wildman–Crippen MR) is 83.4 cm³/mol. The van der Waals surface area contributed by atoms with Crippen LogP contribution in [0.2, 0.25) is 5.02 Å². The van der Waals surface area contributed by atoms with Gasteiger partial charge in [0.1, 0.15) is 5.52 Å². The number of nitrogens with zero attached hydrogens (tertiary/aromatic N) is 4. The molecule has 5 heteroatoms. The highest BCUT2D eigenvalue weighted by atomic mass is 35.5. The summed E-state index contributed by atoms with van der Waals surface area (Å²) in [6.07, 6.45) is 1.80. The molecule has 0 radical (unpaired) electrons. The first kappa shape index (κ1) is 12.3. The molecule has 0 aliphatic carbocycles. The largest absolute Gasteiger partial charge is 0.256 e. The molecule has 102 valence electrons. The fraction of sp³-hybridized carbons (Fsp3) is 0.0625. The molecule has 0 fully saturated rings. The van der Waals surface area contributed by atoms with Crippen LogP contribution in [-0.4, -0.2) is 20.0 Å². The van der Waals surface area contributed by atoms with Crippen molar-refractivity contribution in [3.05, 3.63) is 65.3 Å². The first-order valence-corrected chi connectivity index (χ1v) is 7.00. The zero-order valence-electron chi connectivity index (χ0n) is 11.1. The lowest BCUT2D eigenvalue weighted by Crippen LogP contribution is -2.01. The van der Waals surface area contributed by atoms with Gasteiger partial charge < -0.3 is 0 Å². The van der Waals surface area contributed by atoms with E-state index in [1.165, 1.54) is 0 Å². The molecule has 4 aromatic rings. The molecular weight excluding hydrogens is 284 g/mol. The molecule has 0 amide bonds. The molecule has 0 atom stereocenters. The Labute approximate surface area is 126 Å². The molecule has 0 spiro atoms. The van der Waals surface area contributed by atoms with Gasteiger partial charge in [-0.1, -0.05) is 28.9 Å². The van der Waals surface area contributed by atoms with Gasteiger partial charge in [0.25, 0.3) is 0 Å². The summed E-state index contributed by atoms with van der Waals surface area (Å²) in [5, 5.41) is 10.2. The molecule has 0 bridgehead atoms. The van der Waals surface area contributed by atoms with E-state index in [-0.39, 0.29) is 0 Å². The minimum atomic E-state index is 0.654. The Balaban J connectivity index is 1.77. The fourth-order valence-electron chi connectivity index (χ4n) is 2.45. The summed E-state index contributed by atoms with van der Waals surface area (Å²) >= 11 is 6.05. The monoisotopic (exact) mass is 294 g/mol. The molecule has 0 aliphatic rings. The Kier molecular flexibility index (Phi) is 2.82. The highest BCUT2D eigenvalue weighted by molar-refractivity contribution is 6.31. The van der Waals surface area contributed by atoms with E-state index in [2.05, 4.69) is 33.5 Å². The van der Waals surface area contributed by atoms with E-state index in [0.717, 1.165) is 27.5 Å². The van der Waals surface area contributed by atoms with Crippen LogP contribution in [0.5, 0.6) is 0 Å². The molecule has 2 aromatic carbocycles. The van der Waals surface area contributed by atoms with Gasteiger partial charge in [0, 0.05) is 16.6 Å². The van der Waals surface area contributed by atoms with E-state index in [1.807, 2.05) is 35.0 Å². The van der Waals surface area contributed by atoms with Crippen molar-refractivity contribution in [3.8, 4) is 0 Å². The average molecular weight is 295 g/mol. The van der Waals surface area contributed by atoms with Crippen molar-refractivity contribution >= 4 is 33.5 Å². The lowest BCUT2D eigenvalue weighted by Gasteiger charge is -2.04. The van der Waals surface area contributed by atoms with E-state index >= 15 is 0 Å². The second-order valence-electron chi connectivity index (χ2n) is 4.91. The lowest BCUT2D eigenvalue weighted by molar-refractivity contribution is 0.670. The maximum Gasteiger partial charge on any atom is 0.113 e. The molecular formula is C16H11ClN4. The summed E-state index contributed by atoms with van der Waals surface area (Å²) < 4.78 is 1.86. The van der Waals surface area contributed by atoms with Crippen LogP contribution >= 0.6 is 11.6 Å². The third kappa shape index (κ3) is 2.23. The topological polar surface area (TPSA) is 43.6 Å². The van der Waals surface area contributed by atoms with Crippen molar-refractivity contribution in [1.29, 1.82) is 0 Å². The van der Waals surface area contributed by atoms with E-state index < -0.39 is 0 Å². The quantitative estimate of drug-likeness (QED) is 0.566. The SMILES string of the molecule is Clc1ccc2nnn(Cc3ccc4ncccc4c3)c2c1. The summed E-state index contributed by atoms with van der Waals surface area (Å²) in [5.74, 6) is 0. The van der Waals surface area contributed by atoms with Gasteiger partial charge in [-0.05, 0) is 42.0 Å². The molecule has 2 heterocycles. The molecule has 0 aliphatic heterocycles. The summed E-state index contributed by atoms with van der Waals surface area (Å²) in [7, 11) is 0. The molecule has 4 nitrogen and oxygen atoms in total. The van der Waals surface area contributed by atoms with E-state index in [1.54, 1.807) is 6.20 Å². The maximum atomic E-state index is 6.05. The van der Waals surface area contributed by atoms with Crippen LogP contribution < -0.4 is 0 Å². The van der Waals surface area contributed by atoms with Crippen molar-refractivity contribution < 1.29 is 0 Å². The number of benzene rings is 2. The lowest BCUT2D eigenvalue weighted by atomic mass is 10.1. The second kappa shape index (κ2) is 4.82. The number of hydrogen-bond acceptors (Lipinski definition) is 3. The summed E-state index contributed by atoms with van der Waals surface area (Å²) in [6.45, 7) is 0.654. The van der Waals surface area contributed by atoms with Gasteiger partial charge in [-0.2, -0.15) is 0 Å². The molecule has 21 heavy (non-hydrogen) atoms. The average Bonchev–Trinajstić information content (AvgIpc) is 2.89. The van der Waals surface area contributed by atoms with Crippen LogP contribution in [-0.2, 0) is 6.54 Å². The molecule has 0 saturated carbocycles. The minimum Gasteiger partial charge on any atom is -0.256 e. The first-order chi connectivity index (χ1) is 10.3. The summed E-state index contributed by atoms with van der Waals surface area (Å²) in [6, 6.07) is 15.8. The van der Waals surface area contributed by atoms with E-state index in [0.29, 0.717) is 11.6 Å². The van der Waals surface area contributed by atoms with Crippen LogP contribution in [0.1, 0.15) is 5.56 Å². The number of rotatable bonds is 2. The van der Waals surface area contributed by atoms with Gasteiger partial charge in [-0.3, -0.25) is 4.98 Å². The maximum absolute atomic E-state index is 6.05. The van der Waals surface area contributed by atoms with Crippen LogP contribution in [0, 0.1) is 0 Å². The number of fused-ring (bicyclic) bond motifs is 2. The Morgan fingerprint density at radius 3 is 2.86 bits per heavy atom. The van der Waals surface area contributed by atoms with Gasteiger partial charge in [0.05, 0.1) is 17.6 Å². The number of pyridine rings is 1. The summed E-state index contributed by atoms with van der Waals surface area (Å²) in [4.78, 5) is 4.33. The van der Waals surface area contributed by atoms with Gasteiger partial charge in [0.15, 0.2) is 0 Å². The van der Waals surface area contributed by atoms with Crippen molar-refractivity contribution in [2.24, 2.45) is 0 Å². The van der Waals surface area contributed by atoms with E-state index in [9.17, 15) is 0 Å². The van der Waals surface area contributed by atoms with Crippen molar-refractivity contribution in [3.63, 3.8) is 0 Å². The third-order valence-electron chi connectivity index (χ3n) is 3.48. The van der Waals surface area contributed by atoms with Gasteiger partial charge in [0.2, 0.25) is 0 Å². The predicted octanol–water partition coefficient (Wildman–Crippen LogP) is 3.68. The van der Waals surface area contributed by atoms with Crippen molar-refractivity contribution in [2.45, 2.75) is 6.54 Å². The molecule has 4 rings (SSSR count). The normalized spacial score (nSPS) is 11.3. The van der Waals surface area contributed by atoms with Crippen molar-refractivity contribution in [2.75, 3.05) is 0 Å². The number of hydrogen-bond donors (Lipinski definition) is 0. The smallest absolute Gasteiger partial charge is 0.113 e. The molecule has 0 N–H and O–H groups in total. The standard InChI is InChI=1S/C16H11ClN4/c17-13-4-6-15-16(9-13)21(20-19-15)10-11-3-5-14-12(8-11)2-1-7-18-14/h1-9H,10H2. The Morgan fingerprint density at radius 1 is 1.00 bits per heavy atom. The fourth-order valence-corrected chi connectivity index (χ4v) is 2.62.